The van der Waals surface area contributed by atoms with Crippen LogP contribution in [0.25, 0.3) is 0 Å². The molecule has 1 aromatic carbocycles. The van der Waals surface area contributed by atoms with Gasteiger partial charge in [-0.25, -0.2) is 4.79 Å². The van der Waals surface area contributed by atoms with E-state index < -0.39 is 12.0 Å². The number of amides is 1. The largest absolute Gasteiger partial charge is 0.467 e. The first-order valence-electron chi connectivity index (χ1n) is 6.81. The Morgan fingerprint density at radius 3 is 2.14 bits per heavy atom. The van der Waals surface area contributed by atoms with Crippen molar-refractivity contribution in [1.29, 1.82) is 0 Å². The summed E-state index contributed by atoms with van der Waals surface area (Å²) in [5.74, 6) is -1.20. The number of carbonyl (C=O) groups excluding carboxylic acids is 3. The molecule has 114 valence electrons. The van der Waals surface area contributed by atoms with Gasteiger partial charge in [0.15, 0.2) is 5.78 Å². The maximum atomic E-state index is 12.3. The lowest BCUT2D eigenvalue weighted by atomic mass is 10.0. The fourth-order valence-corrected chi connectivity index (χ4v) is 2.16. The topological polar surface area (TPSA) is 63.7 Å². The summed E-state index contributed by atoms with van der Waals surface area (Å²) >= 11 is 0. The molecule has 0 fully saturated rings. The van der Waals surface area contributed by atoms with Crippen molar-refractivity contribution in [3.05, 3.63) is 35.9 Å². The summed E-state index contributed by atoms with van der Waals surface area (Å²) in [5, 5.41) is 0. The monoisotopic (exact) mass is 291 g/mol. The first kappa shape index (κ1) is 16.9. The van der Waals surface area contributed by atoms with Crippen molar-refractivity contribution in [2.75, 3.05) is 13.7 Å². The summed E-state index contributed by atoms with van der Waals surface area (Å²) in [6.07, 6.45) is 0. The molecule has 0 spiro atoms. The number of methoxy groups -OCH3 is 1. The molecule has 0 saturated carbocycles. The molecular weight excluding hydrogens is 270 g/mol. The zero-order valence-electron chi connectivity index (χ0n) is 12.8. The van der Waals surface area contributed by atoms with Gasteiger partial charge in [0.2, 0.25) is 5.91 Å². The molecule has 0 radical (unpaired) electrons. The number of hydrogen-bond acceptors (Lipinski definition) is 4. The first-order chi connectivity index (χ1) is 9.88. The number of Topliss-reactive ketones (excluding diaryl/α,β-unsaturated/α-hetero) is 1. The molecule has 1 aromatic rings. The molecule has 1 amide bonds. The second kappa shape index (κ2) is 7.57. The molecule has 0 aliphatic rings. The van der Waals surface area contributed by atoms with Crippen LogP contribution in [0.5, 0.6) is 0 Å². The predicted molar refractivity (Wildman–Crippen MR) is 78.8 cm³/mol. The molecule has 0 N–H and O–H groups in total. The van der Waals surface area contributed by atoms with E-state index in [1.54, 1.807) is 24.3 Å². The molecule has 0 aromatic heterocycles. The maximum absolute atomic E-state index is 12.3. The molecule has 5 nitrogen and oxygen atoms in total. The maximum Gasteiger partial charge on any atom is 0.328 e. The Kier molecular flexibility index (Phi) is 6.09. The van der Waals surface area contributed by atoms with Crippen molar-refractivity contribution in [3.8, 4) is 0 Å². The number of nitrogens with zero attached hydrogens (tertiary/aromatic N) is 1. The van der Waals surface area contributed by atoms with Gasteiger partial charge < -0.3 is 9.64 Å². The van der Waals surface area contributed by atoms with E-state index in [0.29, 0.717) is 5.56 Å². The Bertz CT molecular complexity index is 510. The second-order valence-electron chi connectivity index (χ2n) is 5.15. The third-order valence-electron chi connectivity index (χ3n) is 3.22. The zero-order chi connectivity index (χ0) is 16.0. The predicted octanol–water partition coefficient (Wildman–Crippen LogP) is 1.92. The number of benzene rings is 1. The lowest BCUT2D eigenvalue weighted by molar-refractivity contribution is -0.153. The fourth-order valence-electron chi connectivity index (χ4n) is 2.16. The molecule has 1 rings (SSSR count). The number of hydrogen-bond donors (Lipinski definition) is 0. The van der Waals surface area contributed by atoms with Gasteiger partial charge in [0.1, 0.15) is 6.04 Å². The molecule has 1 unspecified atom stereocenters. The average molecular weight is 291 g/mol. The van der Waals surface area contributed by atoms with Gasteiger partial charge in [-0.3, -0.25) is 9.59 Å². The van der Waals surface area contributed by atoms with Gasteiger partial charge in [-0.15, -0.1) is 0 Å². The van der Waals surface area contributed by atoms with Crippen LogP contribution in [-0.2, 0) is 14.3 Å². The Balaban J connectivity index is 2.99. The van der Waals surface area contributed by atoms with Crippen molar-refractivity contribution in [2.45, 2.75) is 26.8 Å². The lowest BCUT2D eigenvalue weighted by Crippen LogP contribution is -2.49. The molecular formula is C16H21NO4. The number of rotatable bonds is 6. The smallest absolute Gasteiger partial charge is 0.328 e. The van der Waals surface area contributed by atoms with Gasteiger partial charge in [-0.05, 0) is 5.92 Å². The van der Waals surface area contributed by atoms with Crippen LogP contribution in [0.1, 0.15) is 31.1 Å². The molecule has 0 bridgehead atoms. The van der Waals surface area contributed by atoms with Crippen molar-refractivity contribution >= 4 is 17.7 Å². The molecule has 1 atom stereocenters. The van der Waals surface area contributed by atoms with Crippen LogP contribution in [-0.4, -0.2) is 42.3 Å². The lowest BCUT2D eigenvalue weighted by Gasteiger charge is -2.31. The van der Waals surface area contributed by atoms with Crippen molar-refractivity contribution in [1.82, 2.24) is 4.90 Å². The fraction of sp³-hybridized carbons (Fsp3) is 0.438. The number of ether oxygens (including phenoxy) is 1. The quantitative estimate of drug-likeness (QED) is 0.593. The Morgan fingerprint density at radius 2 is 1.71 bits per heavy atom. The highest BCUT2D eigenvalue weighted by Gasteiger charge is 2.33. The summed E-state index contributed by atoms with van der Waals surface area (Å²) < 4.78 is 4.75. The molecule has 0 saturated heterocycles. The van der Waals surface area contributed by atoms with E-state index in [1.165, 1.54) is 18.9 Å². The minimum atomic E-state index is -0.764. The molecule has 21 heavy (non-hydrogen) atoms. The van der Waals surface area contributed by atoms with Crippen molar-refractivity contribution in [2.24, 2.45) is 5.92 Å². The van der Waals surface area contributed by atoms with Gasteiger partial charge in [0.05, 0.1) is 13.7 Å². The van der Waals surface area contributed by atoms with E-state index in [4.69, 9.17) is 4.74 Å². The number of esters is 1. The van der Waals surface area contributed by atoms with E-state index in [9.17, 15) is 14.4 Å². The normalized spacial score (nSPS) is 11.9. The third kappa shape index (κ3) is 4.41. The summed E-state index contributed by atoms with van der Waals surface area (Å²) in [4.78, 5) is 37.3. The van der Waals surface area contributed by atoms with Gasteiger partial charge in [0, 0.05) is 12.5 Å². The van der Waals surface area contributed by atoms with E-state index in [0.717, 1.165) is 0 Å². The SMILES string of the molecule is COC(=O)C(C(C)C)N(CC(=O)c1ccccc1)C(C)=O. The van der Waals surface area contributed by atoms with Crippen LogP contribution >= 0.6 is 0 Å². The Labute approximate surface area is 124 Å². The minimum absolute atomic E-state index is 0.142. The van der Waals surface area contributed by atoms with Crippen LogP contribution < -0.4 is 0 Å². The highest BCUT2D eigenvalue weighted by atomic mass is 16.5. The Morgan fingerprint density at radius 1 is 1.14 bits per heavy atom. The summed E-state index contributed by atoms with van der Waals surface area (Å²) in [7, 11) is 1.27. The van der Waals surface area contributed by atoms with Gasteiger partial charge in [-0.2, -0.15) is 0 Å². The van der Waals surface area contributed by atoms with Gasteiger partial charge in [0.25, 0.3) is 0 Å². The van der Waals surface area contributed by atoms with E-state index in [1.807, 2.05) is 19.9 Å². The molecule has 0 aliphatic heterocycles. The highest BCUT2D eigenvalue weighted by molar-refractivity contribution is 6.00. The van der Waals surface area contributed by atoms with Crippen LogP contribution in [0, 0.1) is 5.92 Å². The second-order valence-corrected chi connectivity index (χ2v) is 5.15. The first-order valence-corrected chi connectivity index (χ1v) is 6.81. The number of ketones is 1. The van der Waals surface area contributed by atoms with Gasteiger partial charge >= 0.3 is 5.97 Å². The van der Waals surface area contributed by atoms with Crippen LogP contribution in [0.4, 0.5) is 0 Å². The standard InChI is InChI=1S/C16H21NO4/c1-11(2)15(16(20)21-4)17(12(3)18)10-14(19)13-8-6-5-7-9-13/h5-9,11,15H,10H2,1-4H3. The third-order valence-corrected chi connectivity index (χ3v) is 3.22. The van der Waals surface area contributed by atoms with Crippen molar-refractivity contribution < 1.29 is 19.1 Å². The Hall–Kier alpha value is -2.17. The van der Waals surface area contributed by atoms with E-state index >= 15 is 0 Å². The van der Waals surface area contributed by atoms with Crippen LogP contribution in [0.2, 0.25) is 0 Å². The molecule has 5 heteroatoms. The van der Waals surface area contributed by atoms with Crippen LogP contribution in [0.3, 0.4) is 0 Å². The number of carbonyl (C=O) groups is 3. The average Bonchev–Trinajstić information content (AvgIpc) is 2.46. The summed E-state index contributed by atoms with van der Waals surface area (Å²) in [6.45, 7) is 4.82. The van der Waals surface area contributed by atoms with E-state index in [2.05, 4.69) is 0 Å². The molecule has 0 heterocycles. The summed E-state index contributed by atoms with van der Waals surface area (Å²) in [6, 6.07) is 7.93. The summed E-state index contributed by atoms with van der Waals surface area (Å²) in [5.41, 5.74) is 0.510. The molecule has 0 aliphatic carbocycles. The highest BCUT2D eigenvalue weighted by Crippen LogP contribution is 2.14. The minimum Gasteiger partial charge on any atom is -0.467 e. The van der Waals surface area contributed by atoms with Crippen LogP contribution in [0.15, 0.2) is 30.3 Å². The van der Waals surface area contributed by atoms with E-state index in [-0.39, 0.29) is 24.2 Å². The zero-order valence-corrected chi connectivity index (χ0v) is 12.8. The van der Waals surface area contributed by atoms with Crippen molar-refractivity contribution in [3.63, 3.8) is 0 Å². The van der Waals surface area contributed by atoms with Gasteiger partial charge in [-0.1, -0.05) is 44.2 Å².